The summed E-state index contributed by atoms with van der Waals surface area (Å²) in [4.78, 5) is 21.4. The summed E-state index contributed by atoms with van der Waals surface area (Å²) in [5.41, 5.74) is 0. The Hall–Kier alpha value is -2.49. The summed E-state index contributed by atoms with van der Waals surface area (Å²) in [6.45, 7) is 5.27. The van der Waals surface area contributed by atoms with Crippen molar-refractivity contribution in [2.45, 2.75) is 17.7 Å². The largest absolute Gasteiger partial charge is 0.492 e. The second kappa shape index (κ2) is 10.4. The molecule has 0 atom stereocenters. The monoisotopic (exact) mass is 458 g/mol. The fourth-order valence-electron chi connectivity index (χ4n) is 4.25. The molecular weight excluding hydrogens is 428 g/mol. The molecule has 2 aromatic rings. The number of piperidine rings is 1. The molecule has 8 nitrogen and oxygen atoms in total. The number of para-hydroxylation sites is 1. The Morgan fingerprint density at radius 3 is 2.34 bits per heavy atom. The predicted molar refractivity (Wildman–Crippen MR) is 121 cm³/mol. The van der Waals surface area contributed by atoms with Crippen LogP contribution in [0.15, 0.2) is 59.8 Å². The minimum Gasteiger partial charge on any atom is -0.492 e. The number of ether oxygens (including phenoxy) is 1. The van der Waals surface area contributed by atoms with E-state index in [1.54, 1.807) is 18.3 Å². The van der Waals surface area contributed by atoms with Crippen LogP contribution in [0, 0.1) is 5.92 Å². The highest BCUT2D eigenvalue weighted by Crippen LogP contribution is 2.25. The smallest absolute Gasteiger partial charge is 0.244 e. The van der Waals surface area contributed by atoms with Crippen molar-refractivity contribution in [3.05, 3.63) is 54.9 Å². The number of hydrogen-bond donors (Lipinski definition) is 0. The molecule has 32 heavy (non-hydrogen) atoms. The van der Waals surface area contributed by atoms with Crippen LogP contribution in [0.5, 0.6) is 5.75 Å². The number of rotatable bonds is 7. The summed E-state index contributed by atoms with van der Waals surface area (Å²) in [5.74, 6) is 0.921. The van der Waals surface area contributed by atoms with E-state index >= 15 is 0 Å². The Labute approximate surface area is 189 Å². The number of sulfonamides is 1. The lowest BCUT2D eigenvalue weighted by atomic mass is 9.96. The first kappa shape index (κ1) is 22.7. The van der Waals surface area contributed by atoms with Gasteiger partial charge in [0.2, 0.25) is 15.9 Å². The van der Waals surface area contributed by atoms with Crippen LogP contribution in [0.3, 0.4) is 0 Å². The van der Waals surface area contributed by atoms with Gasteiger partial charge in [-0.05, 0) is 37.1 Å². The fourth-order valence-corrected chi connectivity index (χ4v) is 5.69. The van der Waals surface area contributed by atoms with Crippen LogP contribution in [0.1, 0.15) is 12.8 Å². The lowest BCUT2D eigenvalue weighted by molar-refractivity contribution is -0.138. The molecule has 1 amide bonds. The number of carbonyl (C=O) groups excluding carboxylic acids is 1. The van der Waals surface area contributed by atoms with Gasteiger partial charge in [0.25, 0.3) is 0 Å². The van der Waals surface area contributed by atoms with Crippen molar-refractivity contribution in [2.24, 2.45) is 5.92 Å². The molecule has 2 aliphatic rings. The van der Waals surface area contributed by atoms with E-state index in [1.165, 1.54) is 10.5 Å². The van der Waals surface area contributed by atoms with Crippen LogP contribution in [0.25, 0.3) is 0 Å². The molecule has 9 heteroatoms. The van der Waals surface area contributed by atoms with Gasteiger partial charge in [0, 0.05) is 64.1 Å². The number of nitrogens with zero attached hydrogens (tertiary/aromatic N) is 4. The molecule has 2 saturated heterocycles. The Bertz CT molecular complexity index is 972. The number of amides is 1. The molecule has 0 N–H and O–H groups in total. The standard InChI is InChI=1S/C23H30N4O4S/c28-23(20-8-11-27(12-9-20)32(29,30)22-7-4-10-24-19-22)26-15-13-25(14-16-26)17-18-31-21-5-2-1-3-6-21/h1-7,10,19-20H,8-9,11-18H2. The zero-order valence-corrected chi connectivity index (χ0v) is 19.0. The number of benzene rings is 1. The van der Waals surface area contributed by atoms with E-state index in [1.807, 2.05) is 35.2 Å². The Balaban J connectivity index is 1.20. The second-order valence-corrected chi connectivity index (χ2v) is 10.1. The van der Waals surface area contributed by atoms with E-state index in [0.717, 1.165) is 25.4 Å². The van der Waals surface area contributed by atoms with Crippen LogP contribution in [-0.4, -0.2) is 85.8 Å². The summed E-state index contributed by atoms with van der Waals surface area (Å²) in [6, 6.07) is 13.0. The van der Waals surface area contributed by atoms with Crippen molar-refractivity contribution in [2.75, 3.05) is 52.4 Å². The van der Waals surface area contributed by atoms with Crippen LogP contribution in [-0.2, 0) is 14.8 Å². The lowest BCUT2D eigenvalue weighted by Gasteiger charge is -2.38. The summed E-state index contributed by atoms with van der Waals surface area (Å²) in [6.07, 6.45) is 4.05. The molecule has 172 valence electrons. The molecule has 4 rings (SSSR count). The lowest BCUT2D eigenvalue weighted by Crippen LogP contribution is -2.52. The SMILES string of the molecule is O=C(C1CCN(S(=O)(=O)c2cccnc2)CC1)N1CCN(CCOc2ccccc2)CC1. The number of pyridine rings is 1. The van der Waals surface area contributed by atoms with Crippen LogP contribution < -0.4 is 4.74 Å². The molecule has 0 saturated carbocycles. The van der Waals surface area contributed by atoms with Crippen molar-refractivity contribution in [3.8, 4) is 5.75 Å². The summed E-state index contributed by atoms with van der Waals surface area (Å²) >= 11 is 0. The maximum Gasteiger partial charge on any atom is 0.244 e. The molecule has 2 fully saturated rings. The number of piperazine rings is 1. The quantitative estimate of drug-likeness (QED) is 0.628. The first-order valence-electron chi connectivity index (χ1n) is 11.1. The molecule has 1 aromatic carbocycles. The Morgan fingerprint density at radius 1 is 0.969 bits per heavy atom. The van der Waals surface area contributed by atoms with Crippen molar-refractivity contribution < 1.29 is 17.9 Å². The first-order chi connectivity index (χ1) is 15.5. The van der Waals surface area contributed by atoms with Gasteiger partial charge in [-0.3, -0.25) is 14.7 Å². The van der Waals surface area contributed by atoms with Crippen molar-refractivity contribution in [1.29, 1.82) is 0 Å². The Morgan fingerprint density at radius 2 is 1.69 bits per heavy atom. The molecular formula is C23H30N4O4S. The van der Waals surface area contributed by atoms with Crippen LogP contribution in [0.4, 0.5) is 0 Å². The van der Waals surface area contributed by atoms with E-state index in [4.69, 9.17) is 4.74 Å². The molecule has 0 aliphatic carbocycles. The fraction of sp³-hybridized carbons (Fsp3) is 0.478. The van der Waals surface area contributed by atoms with Crippen molar-refractivity contribution >= 4 is 15.9 Å². The zero-order valence-electron chi connectivity index (χ0n) is 18.2. The zero-order chi connectivity index (χ0) is 22.4. The topological polar surface area (TPSA) is 83.0 Å². The number of hydrogen-bond acceptors (Lipinski definition) is 6. The molecule has 0 spiro atoms. The Kier molecular flexibility index (Phi) is 7.39. The van der Waals surface area contributed by atoms with Crippen LogP contribution in [0.2, 0.25) is 0 Å². The molecule has 0 bridgehead atoms. The summed E-state index contributed by atoms with van der Waals surface area (Å²) in [7, 11) is -3.54. The van der Waals surface area contributed by atoms with Gasteiger partial charge in [-0.1, -0.05) is 18.2 Å². The average Bonchev–Trinajstić information content (AvgIpc) is 2.85. The summed E-state index contributed by atoms with van der Waals surface area (Å²) < 4.78 is 32.7. The van der Waals surface area contributed by atoms with Gasteiger partial charge in [-0.15, -0.1) is 0 Å². The minimum absolute atomic E-state index is 0.108. The molecule has 0 radical (unpaired) electrons. The number of carbonyl (C=O) groups is 1. The molecule has 0 unspecified atom stereocenters. The minimum atomic E-state index is -3.54. The first-order valence-corrected chi connectivity index (χ1v) is 12.6. The van der Waals surface area contributed by atoms with E-state index in [9.17, 15) is 13.2 Å². The highest BCUT2D eigenvalue weighted by Gasteiger charge is 2.34. The van der Waals surface area contributed by atoms with E-state index in [0.29, 0.717) is 45.6 Å². The third kappa shape index (κ3) is 5.46. The van der Waals surface area contributed by atoms with Gasteiger partial charge in [0.05, 0.1) is 0 Å². The predicted octanol–water partition coefficient (Wildman–Crippen LogP) is 1.71. The maximum atomic E-state index is 13.0. The van der Waals surface area contributed by atoms with Gasteiger partial charge in [-0.25, -0.2) is 8.42 Å². The highest BCUT2D eigenvalue weighted by atomic mass is 32.2. The van der Waals surface area contributed by atoms with Gasteiger partial charge in [0.15, 0.2) is 0 Å². The van der Waals surface area contributed by atoms with E-state index < -0.39 is 10.0 Å². The van der Waals surface area contributed by atoms with Gasteiger partial charge < -0.3 is 9.64 Å². The third-order valence-electron chi connectivity index (χ3n) is 6.18. The van der Waals surface area contributed by atoms with Gasteiger partial charge in [0.1, 0.15) is 17.3 Å². The van der Waals surface area contributed by atoms with Crippen molar-refractivity contribution in [1.82, 2.24) is 19.1 Å². The average molecular weight is 459 g/mol. The van der Waals surface area contributed by atoms with E-state index in [-0.39, 0.29) is 16.7 Å². The molecule has 1 aromatic heterocycles. The van der Waals surface area contributed by atoms with Crippen molar-refractivity contribution in [3.63, 3.8) is 0 Å². The van der Waals surface area contributed by atoms with Gasteiger partial charge in [-0.2, -0.15) is 4.31 Å². The normalized spacial score (nSPS) is 19.1. The molecule has 2 aliphatic heterocycles. The maximum absolute atomic E-state index is 13.0. The number of aromatic nitrogens is 1. The molecule has 3 heterocycles. The van der Waals surface area contributed by atoms with E-state index in [2.05, 4.69) is 9.88 Å². The second-order valence-electron chi connectivity index (χ2n) is 8.20. The third-order valence-corrected chi connectivity index (χ3v) is 8.06. The summed E-state index contributed by atoms with van der Waals surface area (Å²) in [5, 5.41) is 0. The highest BCUT2D eigenvalue weighted by molar-refractivity contribution is 7.89. The van der Waals surface area contributed by atoms with Gasteiger partial charge >= 0.3 is 0 Å². The van der Waals surface area contributed by atoms with Crippen LogP contribution >= 0.6 is 0 Å².